The monoisotopic (exact) mass is 256 g/mol. The van der Waals surface area contributed by atoms with Gasteiger partial charge in [-0.25, -0.2) is 0 Å². The molecule has 0 aliphatic rings. The molecule has 2 rings (SSSR count). The van der Waals surface area contributed by atoms with Gasteiger partial charge in [0.25, 0.3) is 0 Å². The van der Waals surface area contributed by atoms with Gasteiger partial charge in [0.1, 0.15) is 5.75 Å². The number of benzene rings is 2. The van der Waals surface area contributed by atoms with Crippen molar-refractivity contribution in [3.63, 3.8) is 0 Å². The maximum absolute atomic E-state index is 9.61. The topological polar surface area (TPSA) is 44.3 Å². The molecule has 0 heterocycles. The van der Waals surface area contributed by atoms with E-state index in [1.165, 1.54) is 5.56 Å². The van der Waals surface area contributed by atoms with Gasteiger partial charge >= 0.3 is 0 Å². The van der Waals surface area contributed by atoms with Gasteiger partial charge in [0.05, 0.1) is 0 Å². The highest BCUT2D eigenvalue weighted by Gasteiger charge is 1.98. The van der Waals surface area contributed by atoms with Gasteiger partial charge in [0.15, 0.2) is 0 Å². The highest BCUT2D eigenvalue weighted by Crippen LogP contribution is 2.14. The van der Waals surface area contributed by atoms with Crippen molar-refractivity contribution in [1.82, 2.24) is 10.6 Å². The molecule has 19 heavy (non-hydrogen) atoms. The Morgan fingerprint density at radius 2 is 1.37 bits per heavy atom. The average Bonchev–Trinajstić information content (AvgIpc) is 2.45. The molecule has 0 aliphatic heterocycles. The maximum Gasteiger partial charge on any atom is 0.120 e. The third-order valence-electron chi connectivity index (χ3n) is 2.96. The number of rotatable bonds is 7. The van der Waals surface area contributed by atoms with Crippen LogP contribution in [0.4, 0.5) is 0 Å². The Balaban J connectivity index is 1.59. The summed E-state index contributed by atoms with van der Waals surface area (Å²) in [6.45, 7) is 3.36. The van der Waals surface area contributed by atoms with Gasteiger partial charge in [-0.3, -0.25) is 0 Å². The van der Waals surface area contributed by atoms with Crippen LogP contribution in [-0.4, -0.2) is 18.2 Å². The Labute approximate surface area is 114 Å². The second-order valence-corrected chi connectivity index (χ2v) is 4.47. The van der Waals surface area contributed by atoms with E-state index in [0.29, 0.717) is 12.3 Å². The quantitative estimate of drug-likeness (QED) is 0.666. The maximum atomic E-state index is 9.61. The summed E-state index contributed by atoms with van der Waals surface area (Å²) in [5, 5.41) is 16.3. The predicted molar refractivity (Wildman–Crippen MR) is 78.0 cm³/mol. The van der Waals surface area contributed by atoms with Crippen LogP contribution < -0.4 is 10.6 Å². The van der Waals surface area contributed by atoms with Crippen molar-refractivity contribution in [3.8, 4) is 5.75 Å². The Morgan fingerprint density at radius 1 is 0.737 bits per heavy atom. The van der Waals surface area contributed by atoms with Crippen LogP contribution in [0, 0.1) is 0 Å². The van der Waals surface area contributed by atoms with Crippen LogP contribution in [0.2, 0.25) is 0 Å². The van der Waals surface area contributed by atoms with Crippen molar-refractivity contribution < 1.29 is 5.11 Å². The number of phenolic OH excluding ortho intramolecular Hbond substituents is 1. The van der Waals surface area contributed by atoms with E-state index in [1.807, 2.05) is 36.4 Å². The molecule has 0 atom stereocenters. The molecule has 3 heteroatoms. The normalized spacial score (nSPS) is 10.5. The molecule has 0 aromatic heterocycles. The fourth-order valence-corrected chi connectivity index (χ4v) is 1.89. The molecule has 3 N–H and O–H groups in total. The lowest BCUT2D eigenvalue weighted by Gasteiger charge is -2.08. The third kappa shape index (κ3) is 4.73. The van der Waals surface area contributed by atoms with Crippen LogP contribution in [0.1, 0.15) is 11.1 Å². The van der Waals surface area contributed by atoms with Gasteiger partial charge in [0, 0.05) is 31.7 Å². The van der Waals surface area contributed by atoms with Crippen LogP contribution in [0.15, 0.2) is 54.6 Å². The zero-order valence-corrected chi connectivity index (χ0v) is 11.0. The van der Waals surface area contributed by atoms with E-state index < -0.39 is 0 Å². The van der Waals surface area contributed by atoms with E-state index in [-0.39, 0.29) is 0 Å². The molecule has 0 spiro atoms. The van der Waals surface area contributed by atoms with Crippen molar-refractivity contribution >= 4 is 0 Å². The van der Waals surface area contributed by atoms with Gasteiger partial charge in [-0.05, 0) is 11.6 Å². The molecule has 3 nitrogen and oxygen atoms in total. The first kappa shape index (κ1) is 13.6. The SMILES string of the molecule is Oc1ccccc1CNCCNCc1ccccc1. The molecular weight excluding hydrogens is 236 g/mol. The van der Waals surface area contributed by atoms with Crippen LogP contribution in [0.25, 0.3) is 0 Å². The predicted octanol–water partition coefficient (Wildman–Crippen LogP) is 2.27. The number of phenols is 1. The zero-order chi connectivity index (χ0) is 13.3. The average molecular weight is 256 g/mol. The standard InChI is InChI=1S/C16H20N2O/c19-16-9-5-4-8-15(16)13-18-11-10-17-12-14-6-2-1-3-7-14/h1-9,17-19H,10-13H2. The fourth-order valence-electron chi connectivity index (χ4n) is 1.89. The lowest BCUT2D eigenvalue weighted by Crippen LogP contribution is -2.26. The Hall–Kier alpha value is -1.84. The molecule has 0 saturated carbocycles. The van der Waals surface area contributed by atoms with E-state index in [1.54, 1.807) is 6.07 Å². The highest BCUT2D eigenvalue weighted by atomic mass is 16.3. The number of hydrogen-bond donors (Lipinski definition) is 3. The summed E-state index contributed by atoms with van der Waals surface area (Å²) in [7, 11) is 0. The minimum atomic E-state index is 0.354. The highest BCUT2D eigenvalue weighted by molar-refractivity contribution is 5.31. The Bertz CT molecular complexity index is 485. The molecule has 0 unspecified atom stereocenters. The summed E-state index contributed by atoms with van der Waals surface area (Å²) in [6.07, 6.45) is 0. The number of aromatic hydroxyl groups is 1. The Morgan fingerprint density at radius 3 is 2.11 bits per heavy atom. The van der Waals surface area contributed by atoms with Crippen molar-refractivity contribution in [2.45, 2.75) is 13.1 Å². The molecule has 0 amide bonds. The minimum absolute atomic E-state index is 0.354. The van der Waals surface area contributed by atoms with Crippen molar-refractivity contribution in [2.24, 2.45) is 0 Å². The molecule has 0 bridgehead atoms. The van der Waals surface area contributed by atoms with Gasteiger partial charge in [0.2, 0.25) is 0 Å². The molecule has 0 fully saturated rings. The summed E-state index contributed by atoms with van der Waals surface area (Å²) >= 11 is 0. The number of hydrogen-bond acceptors (Lipinski definition) is 3. The molecule has 100 valence electrons. The van der Waals surface area contributed by atoms with Crippen molar-refractivity contribution in [2.75, 3.05) is 13.1 Å². The molecule has 2 aromatic rings. The molecule has 0 aliphatic carbocycles. The minimum Gasteiger partial charge on any atom is -0.508 e. The van der Waals surface area contributed by atoms with E-state index in [4.69, 9.17) is 0 Å². The van der Waals surface area contributed by atoms with Crippen molar-refractivity contribution in [1.29, 1.82) is 0 Å². The lowest BCUT2D eigenvalue weighted by molar-refractivity contribution is 0.464. The van der Waals surface area contributed by atoms with E-state index in [9.17, 15) is 5.11 Å². The smallest absolute Gasteiger partial charge is 0.120 e. The van der Waals surface area contributed by atoms with Crippen LogP contribution >= 0.6 is 0 Å². The summed E-state index contributed by atoms with van der Waals surface area (Å²) in [6, 6.07) is 17.8. The summed E-state index contributed by atoms with van der Waals surface area (Å²) in [4.78, 5) is 0. The zero-order valence-electron chi connectivity index (χ0n) is 11.0. The van der Waals surface area contributed by atoms with Crippen LogP contribution in [0.3, 0.4) is 0 Å². The first-order chi connectivity index (χ1) is 9.36. The summed E-state index contributed by atoms with van der Waals surface area (Å²) < 4.78 is 0. The first-order valence-corrected chi connectivity index (χ1v) is 6.58. The number of para-hydroxylation sites is 1. The van der Waals surface area contributed by atoms with Crippen LogP contribution in [-0.2, 0) is 13.1 Å². The fraction of sp³-hybridized carbons (Fsp3) is 0.250. The second kappa shape index (κ2) is 7.56. The van der Waals surface area contributed by atoms with Crippen molar-refractivity contribution in [3.05, 3.63) is 65.7 Å². The van der Waals surface area contributed by atoms with E-state index >= 15 is 0 Å². The molecule has 2 aromatic carbocycles. The van der Waals surface area contributed by atoms with Gasteiger partial charge in [-0.15, -0.1) is 0 Å². The third-order valence-corrected chi connectivity index (χ3v) is 2.96. The first-order valence-electron chi connectivity index (χ1n) is 6.58. The van der Waals surface area contributed by atoms with Crippen LogP contribution in [0.5, 0.6) is 5.75 Å². The second-order valence-electron chi connectivity index (χ2n) is 4.47. The van der Waals surface area contributed by atoms with Gasteiger partial charge < -0.3 is 15.7 Å². The molecular formula is C16H20N2O. The van der Waals surface area contributed by atoms with E-state index in [0.717, 1.165) is 25.2 Å². The molecule has 0 radical (unpaired) electrons. The number of nitrogens with one attached hydrogen (secondary N) is 2. The largest absolute Gasteiger partial charge is 0.508 e. The Kier molecular flexibility index (Phi) is 5.41. The molecule has 0 saturated heterocycles. The lowest BCUT2D eigenvalue weighted by atomic mass is 10.2. The van der Waals surface area contributed by atoms with Gasteiger partial charge in [-0.2, -0.15) is 0 Å². The van der Waals surface area contributed by atoms with Gasteiger partial charge in [-0.1, -0.05) is 48.5 Å². The van der Waals surface area contributed by atoms with E-state index in [2.05, 4.69) is 22.8 Å². The summed E-state index contributed by atoms with van der Waals surface area (Å²) in [5.41, 5.74) is 2.23. The summed E-state index contributed by atoms with van der Waals surface area (Å²) in [5.74, 6) is 0.354.